The highest BCUT2D eigenvalue weighted by Crippen LogP contribution is 2.10. The van der Waals surface area contributed by atoms with Gasteiger partial charge in [-0.2, -0.15) is 0 Å². The lowest BCUT2D eigenvalue weighted by Gasteiger charge is -2.04. The molecule has 0 aliphatic carbocycles. The van der Waals surface area contributed by atoms with Crippen molar-refractivity contribution >= 4 is 15.9 Å². The van der Waals surface area contributed by atoms with Crippen LogP contribution in [0.2, 0.25) is 0 Å². The molecule has 0 amide bonds. The van der Waals surface area contributed by atoms with Crippen LogP contribution in [0, 0.1) is 13.8 Å². The molecule has 0 aliphatic heterocycles. The third-order valence-corrected chi connectivity index (χ3v) is 3.50. The molecule has 2 rings (SSSR count). The van der Waals surface area contributed by atoms with Gasteiger partial charge in [0, 0.05) is 6.42 Å². The lowest BCUT2D eigenvalue weighted by atomic mass is 10.1. The molecule has 1 heterocycles. The highest BCUT2D eigenvalue weighted by Gasteiger charge is 2.05. The molecule has 0 fully saturated rings. The zero-order valence-electron chi connectivity index (χ0n) is 9.75. The number of hydrogen-bond acceptors (Lipinski definition) is 2. The predicted molar refractivity (Wildman–Crippen MR) is 71.3 cm³/mol. The van der Waals surface area contributed by atoms with Gasteiger partial charge in [-0.05, 0) is 35.3 Å². The van der Waals surface area contributed by atoms with Crippen molar-refractivity contribution in [1.82, 2.24) is 9.97 Å². The summed E-state index contributed by atoms with van der Waals surface area (Å²) in [6, 6.07) is 8.21. The van der Waals surface area contributed by atoms with Crippen LogP contribution in [0.5, 0.6) is 0 Å². The maximum absolute atomic E-state index is 11.6. The number of aryl methyl sites for hydroxylation is 2. The molecule has 2 aromatic rings. The van der Waals surface area contributed by atoms with Crippen molar-refractivity contribution in [1.29, 1.82) is 0 Å². The van der Waals surface area contributed by atoms with Gasteiger partial charge in [0.1, 0.15) is 10.3 Å². The van der Waals surface area contributed by atoms with E-state index in [1.54, 1.807) is 0 Å². The van der Waals surface area contributed by atoms with Crippen molar-refractivity contribution in [3.63, 3.8) is 0 Å². The summed E-state index contributed by atoms with van der Waals surface area (Å²) in [5.74, 6) is 0.694. The number of hydrogen-bond donors (Lipinski definition) is 1. The molecule has 0 bridgehead atoms. The molecule has 0 saturated heterocycles. The number of nitrogens with zero attached hydrogens (tertiary/aromatic N) is 1. The third kappa shape index (κ3) is 2.82. The standard InChI is InChI=1S/C13H13BrN2O/c1-8-3-5-10(6-4-8)7-11-15-9(2)12(14)13(17)16-11/h3-6H,7H2,1-2H3,(H,15,16,17). The predicted octanol–water partition coefficient (Wildman–Crippen LogP) is 2.74. The number of H-pyrrole nitrogens is 1. The Balaban J connectivity index is 2.30. The fourth-order valence-corrected chi connectivity index (χ4v) is 1.80. The first-order valence-electron chi connectivity index (χ1n) is 5.37. The Bertz CT molecular complexity index is 587. The molecule has 0 unspecified atom stereocenters. The summed E-state index contributed by atoms with van der Waals surface area (Å²) in [7, 11) is 0. The van der Waals surface area contributed by atoms with Crippen LogP contribution in [0.3, 0.4) is 0 Å². The molecular weight excluding hydrogens is 280 g/mol. The van der Waals surface area contributed by atoms with Gasteiger partial charge >= 0.3 is 0 Å². The smallest absolute Gasteiger partial charge is 0.265 e. The number of rotatable bonds is 2. The monoisotopic (exact) mass is 292 g/mol. The van der Waals surface area contributed by atoms with Crippen LogP contribution in [-0.4, -0.2) is 9.97 Å². The van der Waals surface area contributed by atoms with E-state index in [0.717, 1.165) is 11.3 Å². The van der Waals surface area contributed by atoms with Gasteiger partial charge in [-0.3, -0.25) is 4.79 Å². The first-order chi connectivity index (χ1) is 8.06. The average molecular weight is 293 g/mol. The molecule has 1 aromatic carbocycles. The van der Waals surface area contributed by atoms with Crippen LogP contribution in [0.25, 0.3) is 0 Å². The molecule has 3 nitrogen and oxygen atoms in total. The Morgan fingerprint density at radius 1 is 1.24 bits per heavy atom. The van der Waals surface area contributed by atoms with E-state index in [4.69, 9.17) is 0 Å². The molecular formula is C13H13BrN2O. The van der Waals surface area contributed by atoms with Gasteiger partial charge in [-0.25, -0.2) is 4.98 Å². The van der Waals surface area contributed by atoms with E-state index in [2.05, 4.69) is 38.0 Å². The number of benzene rings is 1. The van der Waals surface area contributed by atoms with Crippen molar-refractivity contribution in [3.8, 4) is 0 Å². The number of aromatic nitrogens is 2. The van der Waals surface area contributed by atoms with Gasteiger partial charge in [0.15, 0.2) is 0 Å². The van der Waals surface area contributed by atoms with Gasteiger partial charge in [-0.15, -0.1) is 0 Å². The summed E-state index contributed by atoms with van der Waals surface area (Å²) in [5.41, 5.74) is 2.96. The SMILES string of the molecule is Cc1ccc(Cc2nc(C)c(Br)c(=O)[nH]2)cc1. The van der Waals surface area contributed by atoms with Gasteiger partial charge < -0.3 is 4.98 Å². The normalized spacial score (nSPS) is 10.5. The molecule has 0 radical (unpaired) electrons. The maximum atomic E-state index is 11.6. The highest BCUT2D eigenvalue weighted by molar-refractivity contribution is 9.10. The summed E-state index contributed by atoms with van der Waals surface area (Å²) in [5, 5.41) is 0. The zero-order chi connectivity index (χ0) is 12.4. The largest absolute Gasteiger partial charge is 0.309 e. The lowest BCUT2D eigenvalue weighted by molar-refractivity contribution is 0.911. The Kier molecular flexibility index (Phi) is 3.43. The van der Waals surface area contributed by atoms with Gasteiger partial charge in [0.25, 0.3) is 5.56 Å². The van der Waals surface area contributed by atoms with Crippen LogP contribution < -0.4 is 5.56 Å². The lowest BCUT2D eigenvalue weighted by Crippen LogP contribution is -2.14. The van der Waals surface area contributed by atoms with Crippen LogP contribution in [0.4, 0.5) is 0 Å². The minimum Gasteiger partial charge on any atom is -0.309 e. The fourth-order valence-electron chi connectivity index (χ4n) is 1.61. The van der Waals surface area contributed by atoms with E-state index in [-0.39, 0.29) is 5.56 Å². The molecule has 1 N–H and O–H groups in total. The van der Waals surface area contributed by atoms with Crippen molar-refractivity contribution in [2.24, 2.45) is 0 Å². The summed E-state index contributed by atoms with van der Waals surface area (Å²) < 4.78 is 0.505. The van der Waals surface area contributed by atoms with E-state index < -0.39 is 0 Å². The van der Waals surface area contributed by atoms with Crippen molar-refractivity contribution in [3.05, 3.63) is 61.7 Å². The quantitative estimate of drug-likeness (QED) is 0.925. The zero-order valence-corrected chi connectivity index (χ0v) is 11.3. The van der Waals surface area contributed by atoms with Gasteiger partial charge in [-0.1, -0.05) is 29.8 Å². The first kappa shape index (κ1) is 12.0. The molecule has 0 atom stereocenters. The molecule has 17 heavy (non-hydrogen) atoms. The number of halogens is 1. The van der Waals surface area contributed by atoms with Gasteiger partial charge in [0.2, 0.25) is 0 Å². The summed E-state index contributed by atoms with van der Waals surface area (Å²) in [6.45, 7) is 3.87. The molecule has 0 aliphatic rings. The summed E-state index contributed by atoms with van der Waals surface area (Å²) in [6.07, 6.45) is 0.642. The first-order valence-corrected chi connectivity index (χ1v) is 6.16. The summed E-state index contributed by atoms with van der Waals surface area (Å²) in [4.78, 5) is 18.7. The van der Waals surface area contributed by atoms with Crippen molar-refractivity contribution < 1.29 is 0 Å². The van der Waals surface area contributed by atoms with E-state index in [9.17, 15) is 4.79 Å². The fraction of sp³-hybridized carbons (Fsp3) is 0.231. The van der Waals surface area contributed by atoms with E-state index in [1.807, 2.05) is 26.0 Å². The van der Waals surface area contributed by atoms with Crippen LogP contribution >= 0.6 is 15.9 Å². The maximum Gasteiger partial charge on any atom is 0.265 e. The molecule has 0 saturated carbocycles. The number of nitrogens with one attached hydrogen (secondary N) is 1. The van der Waals surface area contributed by atoms with E-state index in [1.165, 1.54) is 5.56 Å². The average Bonchev–Trinajstić information content (AvgIpc) is 2.29. The molecule has 4 heteroatoms. The number of aromatic amines is 1. The second kappa shape index (κ2) is 4.84. The van der Waals surface area contributed by atoms with Crippen molar-refractivity contribution in [2.75, 3.05) is 0 Å². The Hall–Kier alpha value is -1.42. The minimum atomic E-state index is -0.125. The Labute approximate surface area is 108 Å². The Morgan fingerprint density at radius 2 is 1.88 bits per heavy atom. The Morgan fingerprint density at radius 3 is 2.47 bits per heavy atom. The van der Waals surface area contributed by atoms with Crippen LogP contribution in [0.1, 0.15) is 22.6 Å². The highest BCUT2D eigenvalue weighted by atomic mass is 79.9. The molecule has 1 aromatic heterocycles. The minimum absolute atomic E-state index is 0.125. The summed E-state index contributed by atoms with van der Waals surface area (Å²) >= 11 is 3.20. The van der Waals surface area contributed by atoms with E-state index >= 15 is 0 Å². The second-order valence-electron chi connectivity index (χ2n) is 4.07. The molecule has 0 spiro atoms. The van der Waals surface area contributed by atoms with Gasteiger partial charge in [0.05, 0.1) is 5.69 Å². The second-order valence-corrected chi connectivity index (χ2v) is 4.87. The van der Waals surface area contributed by atoms with Crippen LogP contribution in [-0.2, 0) is 6.42 Å². The molecule has 88 valence electrons. The topological polar surface area (TPSA) is 45.8 Å². The van der Waals surface area contributed by atoms with Crippen LogP contribution in [0.15, 0.2) is 33.5 Å². The third-order valence-electron chi connectivity index (χ3n) is 2.57. The van der Waals surface area contributed by atoms with Crippen molar-refractivity contribution in [2.45, 2.75) is 20.3 Å². The van der Waals surface area contributed by atoms with E-state index in [0.29, 0.717) is 16.7 Å².